The molecule has 0 saturated carbocycles. The summed E-state index contributed by atoms with van der Waals surface area (Å²) < 4.78 is 28.1. The highest BCUT2D eigenvalue weighted by Crippen LogP contribution is 2.39. The summed E-state index contributed by atoms with van der Waals surface area (Å²) in [7, 11) is 0. The lowest BCUT2D eigenvalue weighted by molar-refractivity contribution is 0.571. The third kappa shape index (κ3) is 3.32. The summed E-state index contributed by atoms with van der Waals surface area (Å²) in [5.41, 5.74) is 0.414. The Morgan fingerprint density at radius 3 is 2.50 bits per heavy atom. The fourth-order valence-corrected chi connectivity index (χ4v) is 3.93. The number of hydrogen-bond acceptors (Lipinski definition) is 1. The van der Waals surface area contributed by atoms with E-state index >= 15 is 0 Å². The zero-order valence-corrected chi connectivity index (χ0v) is 13.6. The van der Waals surface area contributed by atoms with Gasteiger partial charge in [-0.05, 0) is 56.0 Å². The SMILES string of the molecule is Fc1ccc(CC(Cl)c2cc(Br)c(Br)s2)c(F)c1. The minimum absolute atomic E-state index is 0.326. The van der Waals surface area contributed by atoms with Gasteiger partial charge in [0.05, 0.1) is 9.16 Å². The van der Waals surface area contributed by atoms with Gasteiger partial charge in [-0.25, -0.2) is 8.78 Å². The Morgan fingerprint density at radius 1 is 1.22 bits per heavy atom. The molecule has 1 unspecified atom stereocenters. The summed E-state index contributed by atoms with van der Waals surface area (Å²) in [6, 6.07) is 5.44. The van der Waals surface area contributed by atoms with Gasteiger partial charge >= 0.3 is 0 Å². The van der Waals surface area contributed by atoms with E-state index in [1.165, 1.54) is 23.5 Å². The Bertz CT molecular complexity index is 552. The molecule has 0 spiro atoms. The minimum Gasteiger partial charge on any atom is -0.207 e. The molecule has 0 bridgehead atoms. The first-order valence-corrected chi connectivity index (χ1v) is 7.84. The number of thiophene rings is 1. The average molecular weight is 417 g/mol. The van der Waals surface area contributed by atoms with Crippen LogP contribution in [-0.2, 0) is 6.42 Å². The molecule has 96 valence electrons. The highest BCUT2D eigenvalue weighted by Gasteiger charge is 2.16. The smallest absolute Gasteiger partial charge is 0.129 e. The number of halogens is 5. The second-order valence-electron chi connectivity index (χ2n) is 3.68. The molecule has 2 aromatic rings. The van der Waals surface area contributed by atoms with E-state index in [1.54, 1.807) is 0 Å². The number of benzene rings is 1. The topological polar surface area (TPSA) is 0 Å². The minimum atomic E-state index is -0.580. The van der Waals surface area contributed by atoms with Crippen molar-refractivity contribution >= 4 is 54.8 Å². The predicted molar refractivity (Wildman–Crippen MR) is 78.4 cm³/mol. The summed E-state index contributed by atoms with van der Waals surface area (Å²) in [6.07, 6.45) is 0.326. The van der Waals surface area contributed by atoms with Crippen molar-refractivity contribution in [3.63, 3.8) is 0 Å². The number of hydrogen-bond donors (Lipinski definition) is 0. The summed E-state index contributed by atoms with van der Waals surface area (Å²) in [6.45, 7) is 0. The maximum atomic E-state index is 13.5. The second-order valence-corrected chi connectivity index (χ2v) is 7.46. The van der Waals surface area contributed by atoms with E-state index in [1.807, 2.05) is 6.07 Å². The van der Waals surface area contributed by atoms with Crippen LogP contribution in [0.15, 0.2) is 32.5 Å². The molecule has 0 N–H and O–H groups in total. The van der Waals surface area contributed by atoms with Gasteiger partial charge in [0.1, 0.15) is 11.6 Å². The van der Waals surface area contributed by atoms with Gasteiger partial charge in [0.15, 0.2) is 0 Å². The molecule has 1 aromatic carbocycles. The lowest BCUT2D eigenvalue weighted by Gasteiger charge is -2.08. The van der Waals surface area contributed by atoms with Crippen molar-refractivity contribution in [1.29, 1.82) is 0 Å². The molecule has 6 heteroatoms. The average Bonchev–Trinajstić information content (AvgIpc) is 2.63. The van der Waals surface area contributed by atoms with Crippen LogP contribution in [0.4, 0.5) is 8.78 Å². The highest BCUT2D eigenvalue weighted by molar-refractivity contribution is 9.13. The first-order chi connectivity index (χ1) is 8.47. The molecular formula is C12H7Br2ClF2S. The molecule has 1 heterocycles. The van der Waals surface area contributed by atoms with Gasteiger partial charge in [-0.2, -0.15) is 0 Å². The molecule has 0 aliphatic rings. The third-order valence-corrected chi connectivity index (χ3v) is 6.28. The van der Waals surface area contributed by atoms with Crippen molar-refractivity contribution in [2.24, 2.45) is 0 Å². The maximum Gasteiger partial charge on any atom is 0.129 e. The van der Waals surface area contributed by atoms with E-state index < -0.39 is 11.6 Å². The maximum absolute atomic E-state index is 13.5. The van der Waals surface area contributed by atoms with Crippen molar-refractivity contribution in [1.82, 2.24) is 0 Å². The number of rotatable bonds is 3. The Morgan fingerprint density at radius 2 is 1.94 bits per heavy atom. The van der Waals surface area contributed by atoms with Crippen LogP contribution in [0, 0.1) is 11.6 Å². The molecule has 2 rings (SSSR count). The van der Waals surface area contributed by atoms with E-state index in [0.717, 1.165) is 19.2 Å². The van der Waals surface area contributed by atoms with Crippen molar-refractivity contribution < 1.29 is 8.78 Å². The monoisotopic (exact) mass is 414 g/mol. The van der Waals surface area contributed by atoms with Crippen LogP contribution in [-0.4, -0.2) is 0 Å². The first kappa shape index (κ1) is 14.4. The molecule has 1 aromatic heterocycles. The van der Waals surface area contributed by atoms with Crippen molar-refractivity contribution in [3.8, 4) is 0 Å². The van der Waals surface area contributed by atoms with Crippen LogP contribution < -0.4 is 0 Å². The fourth-order valence-electron chi connectivity index (χ4n) is 1.50. The summed E-state index contributed by atoms with van der Waals surface area (Å²) >= 11 is 14.5. The van der Waals surface area contributed by atoms with Gasteiger partial charge in [-0.3, -0.25) is 0 Å². The lowest BCUT2D eigenvalue weighted by atomic mass is 10.1. The van der Waals surface area contributed by atoms with E-state index in [4.69, 9.17) is 11.6 Å². The third-order valence-electron chi connectivity index (χ3n) is 2.39. The quantitative estimate of drug-likeness (QED) is 0.533. The predicted octanol–water partition coefficient (Wildman–Crippen LogP) is 6.07. The van der Waals surface area contributed by atoms with Crippen LogP contribution in [0.3, 0.4) is 0 Å². The van der Waals surface area contributed by atoms with Gasteiger partial charge < -0.3 is 0 Å². The van der Waals surface area contributed by atoms with Crippen LogP contribution in [0.25, 0.3) is 0 Å². The molecule has 0 saturated heterocycles. The van der Waals surface area contributed by atoms with E-state index in [0.29, 0.717) is 12.0 Å². The molecule has 18 heavy (non-hydrogen) atoms. The largest absolute Gasteiger partial charge is 0.207 e. The summed E-state index contributed by atoms with van der Waals surface area (Å²) in [5.74, 6) is -1.14. The molecule has 1 atom stereocenters. The molecule has 0 nitrogen and oxygen atoms in total. The standard InChI is InChI=1S/C12H7Br2ClF2S/c13-8-5-11(18-12(8)14)9(15)3-6-1-2-7(16)4-10(6)17/h1-2,4-5,9H,3H2. The molecule has 0 amide bonds. The lowest BCUT2D eigenvalue weighted by Crippen LogP contribution is -1.97. The Labute approximate surface area is 129 Å². The van der Waals surface area contributed by atoms with Crippen LogP contribution in [0.1, 0.15) is 15.8 Å². The van der Waals surface area contributed by atoms with Gasteiger partial charge in [0.2, 0.25) is 0 Å². The Hall–Kier alpha value is 0.0300. The Kier molecular flexibility index (Phi) is 4.80. The molecule has 0 radical (unpaired) electrons. The van der Waals surface area contributed by atoms with E-state index in [-0.39, 0.29) is 5.38 Å². The van der Waals surface area contributed by atoms with Gasteiger partial charge in [0.25, 0.3) is 0 Å². The van der Waals surface area contributed by atoms with Crippen LogP contribution >= 0.6 is 54.8 Å². The van der Waals surface area contributed by atoms with Crippen molar-refractivity contribution in [2.75, 3.05) is 0 Å². The Balaban J connectivity index is 2.18. The summed E-state index contributed by atoms with van der Waals surface area (Å²) in [4.78, 5) is 0.930. The van der Waals surface area contributed by atoms with Crippen LogP contribution in [0.2, 0.25) is 0 Å². The molecular weight excluding hydrogens is 409 g/mol. The van der Waals surface area contributed by atoms with E-state index in [2.05, 4.69) is 31.9 Å². The second kappa shape index (κ2) is 5.99. The van der Waals surface area contributed by atoms with Gasteiger partial charge in [-0.1, -0.05) is 6.07 Å². The normalized spacial score (nSPS) is 12.7. The molecule has 0 aliphatic carbocycles. The van der Waals surface area contributed by atoms with Crippen LogP contribution in [0.5, 0.6) is 0 Å². The zero-order valence-electron chi connectivity index (χ0n) is 8.89. The fraction of sp³-hybridized carbons (Fsp3) is 0.167. The highest BCUT2D eigenvalue weighted by atomic mass is 79.9. The van der Waals surface area contributed by atoms with Crippen molar-refractivity contribution in [2.45, 2.75) is 11.8 Å². The summed E-state index contributed by atoms with van der Waals surface area (Å²) in [5, 5.41) is -0.336. The first-order valence-electron chi connectivity index (χ1n) is 5.00. The van der Waals surface area contributed by atoms with Crippen molar-refractivity contribution in [3.05, 3.63) is 54.6 Å². The van der Waals surface area contributed by atoms with Gasteiger partial charge in [0, 0.05) is 15.4 Å². The zero-order chi connectivity index (χ0) is 13.3. The van der Waals surface area contributed by atoms with Gasteiger partial charge in [-0.15, -0.1) is 22.9 Å². The number of alkyl halides is 1. The molecule has 0 fully saturated rings. The molecule has 0 aliphatic heterocycles. The van der Waals surface area contributed by atoms with E-state index in [9.17, 15) is 8.78 Å².